The van der Waals surface area contributed by atoms with Crippen LogP contribution >= 0.6 is 0 Å². The number of halogens is 3. The van der Waals surface area contributed by atoms with Crippen molar-refractivity contribution in [1.29, 1.82) is 5.26 Å². The molecule has 1 aliphatic heterocycles. The van der Waals surface area contributed by atoms with Crippen molar-refractivity contribution in [2.45, 2.75) is 43.8 Å². The topological polar surface area (TPSA) is 127 Å². The van der Waals surface area contributed by atoms with Gasteiger partial charge in [-0.15, -0.1) is 0 Å². The van der Waals surface area contributed by atoms with E-state index in [1.165, 1.54) is 17.1 Å². The molecule has 2 aromatic heterocycles. The fourth-order valence-electron chi connectivity index (χ4n) is 4.82. The molecule has 5 rings (SSSR count). The molecular formula is C29H28F3N7O2. The summed E-state index contributed by atoms with van der Waals surface area (Å²) < 4.78 is 39.0. The molecule has 0 bridgehead atoms. The van der Waals surface area contributed by atoms with Gasteiger partial charge < -0.3 is 10.6 Å². The van der Waals surface area contributed by atoms with Crippen LogP contribution in [0.2, 0.25) is 0 Å². The number of nitriles is 1. The lowest BCUT2D eigenvalue weighted by Gasteiger charge is -2.17. The minimum Gasteiger partial charge on any atom is -0.309 e. The van der Waals surface area contributed by atoms with Crippen molar-refractivity contribution >= 4 is 23.5 Å². The van der Waals surface area contributed by atoms with Gasteiger partial charge >= 0.3 is 6.18 Å². The highest BCUT2D eigenvalue weighted by atomic mass is 19.4. The summed E-state index contributed by atoms with van der Waals surface area (Å²) in [5.41, 5.74) is 3.51. The number of carbonyl (C=O) groups excluding carboxylic acids is 2. The minimum absolute atomic E-state index is 0.0577. The number of aromatic amines is 1. The summed E-state index contributed by atoms with van der Waals surface area (Å²) in [5, 5.41) is 21.7. The molecule has 0 spiro atoms. The molecule has 2 amide bonds. The smallest absolute Gasteiger partial charge is 0.309 e. The molecule has 3 aromatic rings. The van der Waals surface area contributed by atoms with Gasteiger partial charge in [0.15, 0.2) is 5.82 Å². The van der Waals surface area contributed by atoms with Crippen LogP contribution in [0.25, 0.3) is 11.1 Å². The molecule has 12 heteroatoms. The molecule has 0 radical (unpaired) electrons. The van der Waals surface area contributed by atoms with Crippen LogP contribution < -0.4 is 10.6 Å². The highest BCUT2D eigenvalue weighted by Gasteiger charge is 2.47. The number of benzene rings is 1. The molecule has 1 aromatic carbocycles. The Bertz CT molecular complexity index is 1470. The van der Waals surface area contributed by atoms with Gasteiger partial charge in [-0.05, 0) is 42.5 Å². The lowest BCUT2D eigenvalue weighted by atomic mass is 10.0. The summed E-state index contributed by atoms with van der Waals surface area (Å²) in [5.74, 6) is -0.866. The van der Waals surface area contributed by atoms with Crippen LogP contribution in [0.4, 0.5) is 24.8 Å². The van der Waals surface area contributed by atoms with E-state index in [-0.39, 0.29) is 31.8 Å². The number of hydrogen-bond donors (Lipinski definition) is 3. The number of nitrogens with zero attached hydrogens (tertiary/aromatic N) is 4. The van der Waals surface area contributed by atoms with E-state index in [0.29, 0.717) is 17.6 Å². The molecule has 1 aliphatic carbocycles. The van der Waals surface area contributed by atoms with Gasteiger partial charge in [0.2, 0.25) is 11.8 Å². The third kappa shape index (κ3) is 7.37. The number of H-pyrrole nitrogens is 1. The number of amides is 2. The molecule has 1 saturated carbocycles. The van der Waals surface area contributed by atoms with Crippen LogP contribution in [-0.2, 0) is 16.0 Å². The second-order valence-corrected chi connectivity index (χ2v) is 10.3. The first-order chi connectivity index (χ1) is 19.7. The first-order valence-corrected chi connectivity index (χ1v) is 13.3. The van der Waals surface area contributed by atoms with Crippen molar-refractivity contribution in [3.8, 4) is 17.2 Å². The van der Waals surface area contributed by atoms with Gasteiger partial charge in [-0.25, -0.2) is 4.98 Å². The van der Waals surface area contributed by atoms with Gasteiger partial charge in [-0.2, -0.15) is 23.5 Å². The summed E-state index contributed by atoms with van der Waals surface area (Å²) in [7, 11) is 0. The Balaban J connectivity index is 1.12. The van der Waals surface area contributed by atoms with E-state index in [1.54, 1.807) is 18.3 Å². The van der Waals surface area contributed by atoms with Crippen LogP contribution in [0, 0.1) is 17.2 Å². The van der Waals surface area contributed by atoms with Crippen LogP contribution in [0.5, 0.6) is 0 Å². The Labute approximate surface area is 234 Å². The predicted octanol–water partition coefficient (Wildman–Crippen LogP) is 4.80. The summed E-state index contributed by atoms with van der Waals surface area (Å²) in [6.45, 7) is -0.212. The fourth-order valence-corrected chi connectivity index (χ4v) is 4.82. The van der Waals surface area contributed by atoms with E-state index in [1.807, 2.05) is 36.4 Å². The van der Waals surface area contributed by atoms with E-state index in [9.17, 15) is 22.8 Å². The highest BCUT2D eigenvalue weighted by Crippen LogP contribution is 2.39. The number of hydrogen-bond acceptors (Lipinski definition) is 6. The average molecular weight is 564 g/mol. The third-order valence-corrected chi connectivity index (χ3v) is 7.15. The Morgan fingerprint density at radius 2 is 1.95 bits per heavy atom. The maximum Gasteiger partial charge on any atom is 0.393 e. The normalized spacial score (nSPS) is 19.3. The molecule has 3 N–H and O–H groups in total. The molecular weight excluding hydrogens is 535 g/mol. The summed E-state index contributed by atoms with van der Waals surface area (Å²) >= 11 is 0. The Kier molecular flexibility index (Phi) is 8.16. The fraction of sp³-hybridized carbons (Fsp3) is 0.345. The largest absolute Gasteiger partial charge is 0.393 e. The van der Waals surface area contributed by atoms with E-state index in [4.69, 9.17) is 5.26 Å². The zero-order valence-electron chi connectivity index (χ0n) is 22.0. The van der Waals surface area contributed by atoms with Crippen LogP contribution in [0.15, 0.2) is 60.8 Å². The number of likely N-dealkylation sites (tertiary alicyclic amines) is 1. The van der Waals surface area contributed by atoms with Crippen LogP contribution in [0.1, 0.15) is 36.4 Å². The maximum absolute atomic E-state index is 13.0. The lowest BCUT2D eigenvalue weighted by molar-refractivity contribution is -0.170. The van der Waals surface area contributed by atoms with Crippen molar-refractivity contribution in [2.24, 2.45) is 5.92 Å². The Hall–Kier alpha value is -4.50. The van der Waals surface area contributed by atoms with Gasteiger partial charge in [0.1, 0.15) is 5.82 Å². The first kappa shape index (κ1) is 28.0. The summed E-state index contributed by atoms with van der Waals surface area (Å²) in [4.78, 5) is 30.5. The lowest BCUT2D eigenvalue weighted by Crippen LogP contribution is -2.30. The number of rotatable bonds is 9. The van der Waals surface area contributed by atoms with Crippen molar-refractivity contribution in [3.05, 3.63) is 72.1 Å². The number of carbonyl (C=O) groups is 2. The van der Waals surface area contributed by atoms with E-state index in [0.717, 1.165) is 35.2 Å². The summed E-state index contributed by atoms with van der Waals surface area (Å²) in [6.07, 6.45) is 2.10. The van der Waals surface area contributed by atoms with Gasteiger partial charge in [0, 0.05) is 48.6 Å². The summed E-state index contributed by atoms with van der Waals surface area (Å²) in [6, 6.07) is 13.9. The standard InChI is InChI=1S/C29H28F3N7O2/c30-29(31,32)22-13-23(15-33)39(17-22)10-2-5-27(40)35-25-9-8-21(16-34-25)20-4-1-3-18(11-20)12-28(41)36-26-14-24(37-38-26)19-6-7-19/h1-5,8-9,11,14,16,19,22-23H,6-7,10,12-13,17H2,(H,34,35,40)(H2,36,37,38,41)/b5-2+/t22-,23-/m0/s1. The van der Waals surface area contributed by atoms with E-state index >= 15 is 0 Å². The molecule has 2 fully saturated rings. The zero-order chi connectivity index (χ0) is 29.0. The predicted molar refractivity (Wildman–Crippen MR) is 145 cm³/mol. The minimum atomic E-state index is -4.35. The second-order valence-electron chi connectivity index (χ2n) is 10.3. The molecule has 2 atom stereocenters. The maximum atomic E-state index is 13.0. The second kappa shape index (κ2) is 11.9. The average Bonchev–Trinajstić information content (AvgIpc) is 3.53. The van der Waals surface area contributed by atoms with Crippen molar-refractivity contribution in [1.82, 2.24) is 20.1 Å². The molecule has 3 heterocycles. The molecule has 2 aliphatic rings. The molecule has 1 saturated heterocycles. The molecule has 0 unspecified atom stereocenters. The molecule has 9 nitrogen and oxygen atoms in total. The number of aromatic nitrogens is 3. The number of pyridine rings is 1. The zero-order valence-corrected chi connectivity index (χ0v) is 22.0. The quantitative estimate of drug-likeness (QED) is 0.321. The number of anilines is 2. The Morgan fingerprint density at radius 1 is 1.12 bits per heavy atom. The molecule has 212 valence electrons. The SMILES string of the molecule is N#C[C@@H]1C[C@H](C(F)(F)F)CN1C/C=C/C(=O)Nc1ccc(-c2cccc(CC(=O)Nc3cc(C4CC4)[nH]n3)c2)cn1. The van der Waals surface area contributed by atoms with Gasteiger partial charge in [0.25, 0.3) is 0 Å². The monoisotopic (exact) mass is 563 g/mol. The van der Waals surface area contributed by atoms with Gasteiger partial charge in [-0.3, -0.25) is 19.6 Å². The Morgan fingerprint density at radius 3 is 2.66 bits per heavy atom. The third-order valence-electron chi connectivity index (χ3n) is 7.15. The van der Waals surface area contributed by atoms with E-state index in [2.05, 4.69) is 25.8 Å². The van der Waals surface area contributed by atoms with Crippen LogP contribution in [0.3, 0.4) is 0 Å². The number of alkyl halides is 3. The van der Waals surface area contributed by atoms with Crippen molar-refractivity contribution in [3.63, 3.8) is 0 Å². The first-order valence-electron chi connectivity index (χ1n) is 13.3. The highest BCUT2D eigenvalue weighted by molar-refractivity contribution is 5.98. The van der Waals surface area contributed by atoms with E-state index < -0.39 is 24.0 Å². The van der Waals surface area contributed by atoms with Crippen LogP contribution in [-0.4, -0.2) is 57.2 Å². The van der Waals surface area contributed by atoms with Gasteiger partial charge in [0.05, 0.1) is 24.4 Å². The molecule has 41 heavy (non-hydrogen) atoms. The van der Waals surface area contributed by atoms with Gasteiger partial charge in [-0.1, -0.05) is 30.3 Å². The number of nitrogens with one attached hydrogen (secondary N) is 3. The van der Waals surface area contributed by atoms with Crippen molar-refractivity contribution in [2.75, 3.05) is 23.7 Å². The van der Waals surface area contributed by atoms with Crippen molar-refractivity contribution < 1.29 is 22.8 Å².